The van der Waals surface area contributed by atoms with E-state index in [-0.39, 0.29) is 12.0 Å². The smallest absolute Gasteiger partial charge is 0.332 e. The molecule has 0 unspecified atom stereocenters. The quantitative estimate of drug-likeness (QED) is 0.466. The summed E-state index contributed by atoms with van der Waals surface area (Å²) in [4.78, 5) is 21.0. The number of nitrogens with two attached hydrogens (primary N) is 1. The maximum atomic E-state index is 10.8. The van der Waals surface area contributed by atoms with E-state index in [9.17, 15) is 14.7 Å². The fraction of sp³-hybridized carbons (Fsp3) is 0.556. The number of aliphatic hydroxyl groups excluding tert-OH is 1. The first-order valence-electron chi connectivity index (χ1n) is 4.64. The lowest BCUT2D eigenvalue weighted by Gasteiger charge is -2.31. The maximum absolute atomic E-state index is 10.8. The number of carbonyl (C=O) groups is 2. The molecule has 0 fully saturated rings. The fourth-order valence-electron chi connectivity index (χ4n) is 1.55. The minimum Gasteiger partial charge on any atom is -0.480 e. The molecule has 0 bridgehead atoms. The molecular formula is C9H13NO6. The van der Waals surface area contributed by atoms with Crippen LogP contribution in [0.25, 0.3) is 0 Å². The van der Waals surface area contributed by atoms with Crippen LogP contribution in [0.5, 0.6) is 0 Å². The molecule has 0 spiro atoms. The lowest BCUT2D eigenvalue weighted by atomic mass is 9.90. The van der Waals surface area contributed by atoms with Gasteiger partial charge in [0, 0.05) is 0 Å². The van der Waals surface area contributed by atoms with Crippen molar-refractivity contribution in [2.24, 2.45) is 5.73 Å². The van der Waals surface area contributed by atoms with Gasteiger partial charge in [-0.15, -0.1) is 0 Å². The minimum atomic E-state index is -1.20. The third kappa shape index (κ3) is 2.78. The minimum absolute atomic E-state index is 0.0688. The summed E-state index contributed by atoms with van der Waals surface area (Å²) >= 11 is 0. The summed E-state index contributed by atoms with van der Waals surface area (Å²) in [7, 11) is 0. The Bertz CT molecular complexity index is 326. The van der Waals surface area contributed by atoms with Crippen molar-refractivity contribution in [1.82, 2.24) is 0 Å². The number of hydrogen-bond donors (Lipinski definition) is 4. The van der Waals surface area contributed by atoms with Crippen LogP contribution >= 0.6 is 0 Å². The lowest BCUT2D eigenvalue weighted by molar-refractivity contribution is -0.148. The first-order chi connectivity index (χ1) is 7.43. The molecule has 0 saturated heterocycles. The molecule has 1 aliphatic carbocycles. The topological polar surface area (TPSA) is 130 Å². The van der Waals surface area contributed by atoms with Gasteiger partial charge >= 0.3 is 11.9 Å². The highest BCUT2D eigenvalue weighted by Crippen LogP contribution is 2.21. The molecular weight excluding hydrogens is 218 g/mol. The van der Waals surface area contributed by atoms with Crippen molar-refractivity contribution in [3.8, 4) is 0 Å². The predicted molar refractivity (Wildman–Crippen MR) is 51.7 cm³/mol. The first kappa shape index (κ1) is 12.6. The molecule has 1 rings (SSSR count). The zero-order valence-corrected chi connectivity index (χ0v) is 8.37. The normalized spacial score (nSPS) is 29.6. The zero-order chi connectivity index (χ0) is 12.3. The van der Waals surface area contributed by atoms with Crippen LogP contribution in [0, 0.1) is 0 Å². The Hall–Kier alpha value is -1.44. The second-order valence-corrected chi connectivity index (χ2v) is 3.46. The number of carboxylic acid groups (broad SMARTS) is 2. The van der Waals surface area contributed by atoms with Crippen molar-refractivity contribution in [3.63, 3.8) is 0 Å². The van der Waals surface area contributed by atoms with Gasteiger partial charge in [-0.3, -0.25) is 0 Å². The monoisotopic (exact) mass is 231 g/mol. The summed E-state index contributed by atoms with van der Waals surface area (Å²) in [5, 5.41) is 26.7. The summed E-state index contributed by atoms with van der Waals surface area (Å²) in [5.74, 6) is -2.39. The molecule has 7 nitrogen and oxygen atoms in total. The number of aliphatic hydroxyl groups is 1. The number of aliphatic carboxylic acids is 2. The standard InChI is InChI=1S/C9H13NO6/c10-7-4(9(14)15)1-2-5(11)8(7)16-3-6(12)13/h1,5,7-8,11H,2-3,10H2,(H,12,13)(H,14,15)/t5-,7+,8+/m1/s1. The summed E-state index contributed by atoms with van der Waals surface area (Å²) in [5.41, 5.74) is 5.50. The van der Waals surface area contributed by atoms with E-state index in [4.69, 9.17) is 20.7 Å². The molecule has 0 heterocycles. The summed E-state index contributed by atoms with van der Waals surface area (Å²) in [6.45, 7) is -0.623. The summed E-state index contributed by atoms with van der Waals surface area (Å²) in [6, 6.07) is -1.03. The molecule has 0 amide bonds. The Kier molecular flexibility index (Phi) is 3.99. The fourth-order valence-corrected chi connectivity index (χ4v) is 1.55. The van der Waals surface area contributed by atoms with Gasteiger partial charge in [0.05, 0.1) is 17.7 Å². The Balaban J connectivity index is 2.73. The highest BCUT2D eigenvalue weighted by molar-refractivity contribution is 5.88. The second-order valence-electron chi connectivity index (χ2n) is 3.46. The van der Waals surface area contributed by atoms with Crippen molar-refractivity contribution in [1.29, 1.82) is 0 Å². The summed E-state index contributed by atoms with van der Waals surface area (Å²) < 4.78 is 4.87. The molecule has 0 radical (unpaired) electrons. The van der Waals surface area contributed by atoms with Crippen LogP contribution in [-0.4, -0.2) is 52.1 Å². The Morgan fingerprint density at radius 3 is 2.62 bits per heavy atom. The van der Waals surface area contributed by atoms with Gasteiger partial charge in [-0.25, -0.2) is 9.59 Å². The lowest BCUT2D eigenvalue weighted by Crippen LogP contribution is -2.50. The van der Waals surface area contributed by atoms with Crippen LogP contribution in [0.3, 0.4) is 0 Å². The number of ether oxygens (including phenoxy) is 1. The molecule has 7 heteroatoms. The first-order valence-corrected chi connectivity index (χ1v) is 4.64. The van der Waals surface area contributed by atoms with E-state index >= 15 is 0 Å². The van der Waals surface area contributed by atoms with Gasteiger partial charge in [-0.2, -0.15) is 0 Å². The number of hydrogen-bond acceptors (Lipinski definition) is 5. The Labute approximate surface area is 91.1 Å². The van der Waals surface area contributed by atoms with E-state index in [0.717, 1.165) is 0 Å². The molecule has 0 aromatic carbocycles. The van der Waals surface area contributed by atoms with Crippen molar-refractivity contribution in [3.05, 3.63) is 11.6 Å². The average Bonchev–Trinajstić information content (AvgIpc) is 2.16. The Morgan fingerprint density at radius 2 is 2.12 bits per heavy atom. The van der Waals surface area contributed by atoms with E-state index < -0.39 is 36.8 Å². The third-order valence-electron chi connectivity index (χ3n) is 2.32. The molecule has 90 valence electrons. The number of rotatable bonds is 4. The molecule has 0 saturated carbocycles. The average molecular weight is 231 g/mol. The highest BCUT2D eigenvalue weighted by Gasteiger charge is 2.35. The van der Waals surface area contributed by atoms with Crippen molar-refractivity contribution in [2.45, 2.75) is 24.7 Å². The maximum Gasteiger partial charge on any atom is 0.332 e. The van der Waals surface area contributed by atoms with Crippen LogP contribution in [0.2, 0.25) is 0 Å². The highest BCUT2D eigenvalue weighted by atomic mass is 16.5. The third-order valence-corrected chi connectivity index (χ3v) is 2.32. The van der Waals surface area contributed by atoms with Crippen LogP contribution in [0.4, 0.5) is 0 Å². The van der Waals surface area contributed by atoms with E-state index in [2.05, 4.69) is 0 Å². The van der Waals surface area contributed by atoms with E-state index in [1.165, 1.54) is 6.08 Å². The molecule has 0 aliphatic heterocycles. The van der Waals surface area contributed by atoms with Gasteiger partial charge in [-0.05, 0) is 6.42 Å². The van der Waals surface area contributed by atoms with Crippen LogP contribution in [0.1, 0.15) is 6.42 Å². The summed E-state index contributed by atoms with van der Waals surface area (Å²) in [6.07, 6.45) is -0.595. The van der Waals surface area contributed by atoms with Crippen molar-refractivity contribution >= 4 is 11.9 Å². The van der Waals surface area contributed by atoms with Crippen LogP contribution in [-0.2, 0) is 14.3 Å². The van der Waals surface area contributed by atoms with Crippen molar-refractivity contribution in [2.75, 3.05) is 6.61 Å². The van der Waals surface area contributed by atoms with Crippen LogP contribution < -0.4 is 5.73 Å². The molecule has 5 N–H and O–H groups in total. The molecule has 1 aliphatic rings. The van der Waals surface area contributed by atoms with Gasteiger partial charge in [0.1, 0.15) is 12.7 Å². The predicted octanol–water partition coefficient (Wildman–Crippen LogP) is -1.44. The largest absolute Gasteiger partial charge is 0.480 e. The molecule has 0 aromatic heterocycles. The molecule has 16 heavy (non-hydrogen) atoms. The number of carboxylic acids is 2. The van der Waals surface area contributed by atoms with Gasteiger partial charge in [0.2, 0.25) is 0 Å². The van der Waals surface area contributed by atoms with Crippen LogP contribution in [0.15, 0.2) is 11.6 Å². The van der Waals surface area contributed by atoms with E-state index in [1.54, 1.807) is 0 Å². The van der Waals surface area contributed by atoms with E-state index in [1.807, 2.05) is 0 Å². The Morgan fingerprint density at radius 1 is 1.50 bits per heavy atom. The molecule has 3 atom stereocenters. The van der Waals surface area contributed by atoms with Crippen molar-refractivity contribution < 1.29 is 29.6 Å². The van der Waals surface area contributed by atoms with Gasteiger partial charge in [-0.1, -0.05) is 6.08 Å². The van der Waals surface area contributed by atoms with Gasteiger partial charge in [0.15, 0.2) is 0 Å². The molecule has 0 aromatic rings. The van der Waals surface area contributed by atoms with Gasteiger partial charge < -0.3 is 25.8 Å². The van der Waals surface area contributed by atoms with E-state index in [0.29, 0.717) is 0 Å². The second kappa shape index (κ2) is 5.06. The zero-order valence-electron chi connectivity index (χ0n) is 8.37. The van der Waals surface area contributed by atoms with Gasteiger partial charge in [0.25, 0.3) is 0 Å². The SMILES string of the molecule is N[C@H]1C(C(=O)O)=CC[C@@H](O)[C@@H]1OCC(=O)O.